The number of fused-ring (bicyclic) bond motifs is 2. The predicted octanol–water partition coefficient (Wildman–Crippen LogP) is 1.75. The van der Waals surface area contributed by atoms with Crippen molar-refractivity contribution >= 4 is 21.6 Å². The van der Waals surface area contributed by atoms with Crippen LogP contribution in [-0.2, 0) is 6.54 Å². The van der Waals surface area contributed by atoms with Crippen LogP contribution in [0.1, 0.15) is 32.1 Å². The maximum absolute atomic E-state index is 12.5. The third-order valence-electron chi connectivity index (χ3n) is 4.96. The predicted molar refractivity (Wildman–Crippen MR) is 85.7 cm³/mol. The molecule has 3 aliphatic rings. The van der Waals surface area contributed by atoms with Gasteiger partial charge in [-0.3, -0.25) is 4.79 Å². The third kappa shape index (κ3) is 2.75. The van der Waals surface area contributed by atoms with Gasteiger partial charge in [0.15, 0.2) is 0 Å². The van der Waals surface area contributed by atoms with Crippen molar-refractivity contribution < 1.29 is 0 Å². The Labute approximate surface area is 132 Å². The summed E-state index contributed by atoms with van der Waals surface area (Å²) in [5, 5.41) is 8.07. The molecule has 0 amide bonds. The molecule has 2 aliphatic heterocycles. The maximum Gasteiger partial charge on any atom is 0.283 e. The van der Waals surface area contributed by atoms with E-state index in [4.69, 9.17) is 0 Å². The number of aromatic nitrogens is 2. The summed E-state index contributed by atoms with van der Waals surface area (Å²) in [5.74, 6) is 0.658. The van der Waals surface area contributed by atoms with Crippen LogP contribution in [0.25, 0.3) is 0 Å². The Bertz CT molecular complexity index is 598. The van der Waals surface area contributed by atoms with Crippen molar-refractivity contribution in [2.75, 3.05) is 18.0 Å². The number of hydrogen-bond donors (Lipinski definition) is 1. The number of halogens is 1. The van der Waals surface area contributed by atoms with E-state index in [1.807, 2.05) is 6.20 Å². The summed E-state index contributed by atoms with van der Waals surface area (Å²) >= 11 is 3.52. The molecule has 2 unspecified atom stereocenters. The van der Waals surface area contributed by atoms with Crippen molar-refractivity contribution in [3.63, 3.8) is 0 Å². The molecule has 1 aromatic rings. The van der Waals surface area contributed by atoms with Crippen LogP contribution >= 0.6 is 15.9 Å². The van der Waals surface area contributed by atoms with Crippen LogP contribution < -0.4 is 15.8 Å². The summed E-state index contributed by atoms with van der Waals surface area (Å²) in [6.07, 6.45) is 8.01. The lowest BCUT2D eigenvalue weighted by atomic mass is 10.1. The Morgan fingerprint density at radius 3 is 2.86 bits per heavy atom. The van der Waals surface area contributed by atoms with E-state index < -0.39 is 0 Å². The normalized spacial score (nSPS) is 28.7. The van der Waals surface area contributed by atoms with Gasteiger partial charge in [-0.25, -0.2) is 4.68 Å². The smallest absolute Gasteiger partial charge is 0.283 e. The third-order valence-corrected chi connectivity index (χ3v) is 5.70. The lowest BCUT2D eigenvalue weighted by Gasteiger charge is -2.27. The molecule has 2 bridgehead atoms. The molecule has 1 N–H and O–H groups in total. The Morgan fingerprint density at radius 2 is 2.05 bits per heavy atom. The molecule has 5 nitrogen and oxygen atoms in total. The van der Waals surface area contributed by atoms with Gasteiger partial charge in [-0.1, -0.05) is 0 Å². The summed E-state index contributed by atoms with van der Waals surface area (Å²) in [5.41, 5.74) is 0.975. The standard InChI is InChI=1S/C15H21BrN4O/c16-14-13(7-17-20(15(14)21)8-10-1-2-10)19-6-5-11-3-4-12(9-19)18-11/h7,10-12,18H,1-6,8-9H2. The average Bonchev–Trinajstić information content (AvgIpc) is 3.20. The van der Waals surface area contributed by atoms with Crippen molar-refractivity contribution in [2.24, 2.45) is 5.92 Å². The number of anilines is 1. The molecule has 6 heteroatoms. The summed E-state index contributed by atoms with van der Waals surface area (Å²) in [6, 6.07) is 1.21. The molecule has 1 aromatic heterocycles. The second-order valence-corrected chi connectivity index (χ2v) is 7.44. The van der Waals surface area contributed by atoms with E-state index in [9.17, 15) is 4.79 Å². The fraction of sp³-hybridized carbons (Fsp3) is 0.733. The number of hydrogen-bond acceptors (Lipinski definition) is 4. The Kier molecular flexibility index (Phi) is 3.53. The van der Waals surface area contributed by atoms with Gasteiger partial charge >= 0.3 is 0 Å². The first-order chi connectivity index (χ1) is 10.2. The first-order valence-electron chi connectivity index (χ1n) is 7.97. The summed E-state index contributed by atoms with van der Waals surface area (Å²) < 4.78 is 2.30. The highest BCUT2D eigenvalue weighted by Gasteiger charge is 2.30. The second kappa shape index (κ2) is 5.39. The maximum atomic E-state index is 12.5. The summed E-state index contributed by atoms with van der Waals surface area (Å²) in [4.78, 5) is 14.8. The molecule has 0 spiro atoms. The van der Waals surface area contributed by atoms with Crippen LogP contribution in [0.4, 0.5) is 5.69 Å². The van der Waals surface area contributed by atoms with E-state index in [1.165, 1.54) is 25.7 Å². The van der Waals surface area contributed by atoms with E-state index >= 15 is 0 Å². The van der Waals surface area contributed by atoms with Crippen LogP contribution in [0.2, 0.25) is 0 Å². The van der Waals surface area contributed by atoms with Crippen molar-refractivity contribution in [1.29, 1.82) is 0 Å². The van der Waals surface area contributed by atoms with Gasteiger partial charge in [0, 0.05) is 31.7 Å². The monoisotopic (exact) mass is 352 g/mol. The minimum atomic E-state index is 0.0155. The SMILES string of the molecule is O=c1c(Br)c(N2CCC3CCC(C2)N3)cnn1CC1CC1. The fourth-order valence-corrected chi connectivity index (χ4v) is 4.07. The van der Waals surface area contributed by atoms with E-state index in [0.717, 1.165) is 31.7 Å². The van der Waals surface area contributed by atoms with Crippen LogP contribution in [-0.4, -0.2) is 35.0 Å². The lowest BCUT2D eigenvalue weighted by molar-refractivity contribution is 0.529. The Hall–Kier alpha value is -0.880. The molecule has 3 heterocycles. The van der Waals surface area contributed by atoms with Crippen LogP contribution in [0, 0.1) is 5.92 Å². The molecule has 3 fully saturated rings. The molecule has 0 aromatic carbocycles. The fourth-order valence-electron chi connectivity index (χ4n) is 3.51. The zero-order valence-corrected chi connectivity index (χ0v) is 13.7. The molecule has 2 atom stereocenters. The molecular formula is C15H21BrN4O. The Balaban J connectivity index is 1.59. The highest BCUT2D eigenvalue weighted by molar-refractivity contribution is 9.10. The molecule has 4 rings (SSSR count). The van der Waals surface area contributed by atoms with Gasteiger partial charge in [0.1, 0.15) is 4.47 Å². The summed E-state index contributed by atoms with van der Waals surface area (Å²) in [7, 11) is 0. The number of nitrogens with zero attached hydrogens (tertiary/aromatic N) is 3. The van der Waals surface area contributed by atoms with E-state index in [2.05, 4.69) is 31.2 Å². The van der Waals surface area contributed by atoms with Crippen molar-refractivity contribution in [3.05, 3.63) is 21.0 Å². The van der Waals surface area contributed by atoms with E-state index in [0.29, 0.717) is 22.5 Å². The first-order valence-corrected chi connectivity index (χ1v) is 8.76. The zero-order chi connectivity index (χ0) is 14.4. The van der Waals surface area contributed by atoms with Gasteiger partial charge < -0.3 is 10.2 Å². The molecule has 114 valence electrons. The minimum Gasteiger partial charge on any atom is -0.368 e. The molecule has 1 aliphatic carbocycles. The molecule has 21 heavy (non-hydrogen) atoms. The highest BCUT2D eigenvalue weighted by atomic mass is 79.9. The van der Waals surface area contributed by atoms with Crippen molar-refractivity contribution in [1.82, 2.24) is 15.1 Å². The zero-order valence-electron chi connectivity index (χ0n) is 12.1. The minimum absolute atomic E-state index is 0.0155. The van der Waals surface area contributed by atoms with Gasteiger partial charge in [-0.15, -0.1) is 0 Å². The second-order valence-electron chi connectivity index (χ2n) is 6.65. The highest BCUT2D eigenvalue weighted by Crippen LogP contribution is 2.31. The quantitative estimate of drug-likeness (QED) is 0.900. The number of rotatable bonds is 3. The Morgan fingerprint density at radius 1 is 1.24 bits per heavy atom. The van der Waals surface area contributed by atoms with Gasteiger partial charge in [-0.2, -0.15) is 5.10 Å². The van der Waals surface area contributed by atoms with Gasteiger partial charge in [-0.05, 0) is 54.0 Å². The van der Waals surface area contributed by atoms with Crippen LogP contribution in [0.5, 0.6) is 0 Å². The van der Waals surface area contributed by atoms with E-state index in [-0.39, 0.29) is 5.56 Å². The first kappa shape index (κ1) is 13.8. The van der Waals surface area contributed by atoms with Gasteiger partial charge in [0.2, 0.25) is 0 Å². The number of nitrogens with one attached hydrogen (secondary N) is 1. The lowest BCUT2D eigenvalue weighted by Crippen LogP contribution is -2.37. The largest absolute Gasteiger partial charge is 0.368 e. The topological polar surface area (TPSA) is 50.2 Å². The molecule has 1 saturated carbocycles. The average molecular weight is 353 g/mol. The van der Waals surface area contributed by atoms with Crippen LogP contribution in [0.15, 0.2) is 15.5 Å². The molecular weight excluding hydrogens is 332 g/mol. The molecule has 0 radical (unpaired) electrons. The summed E-state index contributed by atoms with van der Waals surface area (Å²) in [6.45, 7) is 2.74. The van der Waals surface area contributed by atoms with Gasteiger partial charge in [0.25, 0.3) is 5.56 Å². The van der Waals surface area contributed by atoms with Gasteiger partial charge in [0.05, 0.1) is 11.9 Å². The van der Waals surface area contributed by atoms with E-state index in [1.54, 1.807) is 4.68 Å². The van der Waals surface area contributed by atoms with Crippen molar-refractivity contribution in [2.45, 2.75) is 50.7 Å². The molecule has 2 saturated heterocycles. The van der Waals surface area contributed by atoms with Crippen LogP contribution in [0.3, 0.4) is 0 Å². The van der Waals surface area contributed by atoms with Crippen molar-refractivity contribution in [3.8, 4) is 0 Å².